The molecule has 9 heteroatoms. The molecule has 5 rings (SSSR count). The number of aromatic nitrogens is 5. The Balaban J connectivity index is 1.53. The molecule has 0 saturated carbocycles. The summed E-state index contributed by atoms with van der Waals surface area (Å²) >= 11 is 1.39. The maximum atomic E-state index is 5.99. The van der Waals surface area contributed by atoms with Crippen LogP contribution in [0.5, 0.6) is 11.5 Å². The van der Waals surface area contributed by atoms with E-state index in [9.17, 15) is 0 Å². The van der Waals surface area contributed by atoms with Crippen molar-refractivity contribution in [1.82, 2.24) is 25.0 Å². The molecule has 1 aromatic carbocycles. The average Bonchev–Trinajstić information content (AvgIpc) is 3.29. The minimum Gasteiger partial charge on any atom is -0.485 e. The molecule has 0 unspecified atom stereocenters. The molecule has 4 heterocycles. The molecule has 3 aromatic heterocycles. The molecule has 1 aliphatic rings. The fourth-order valence-electron chi connectivity index (χ4n) is 2.55. The summed E-state index contributed by atoms with van der Waals surface area (Å²) in [5, 5.41) is 17.6. The first kappa shape index (κ1) is 13.5. The van der Waals surface area contributed by atoms with Crippen LogP contribution in [0.1, 0.15) is 17.7 Å². The lowest BCUT2D eigenvalue weighted by Crippen LogP contribution is -2.23. The highest BCUT2D eigenvalue weighted by Gasteiger charge is 2.28. The van der Waals surface area contributed by atoms with Gasteiger partial charge in [0.2, 0.25) is 4.96 Å². The Bertz CT molecular complexity index is 1040. The summed E-state index contributed by atoms with van der Waals surface area (Å²) in [5.41, 5.74) is 0.681. The zero-order chi connectivity index (χ0) is 16.1. The fraction of sp³-hybridized carbons (Fsp3) is 0.200. The molecule has 1 aliphatic heterocycles. The third-order valence-electron chi connectivity index (χ3n) is 3.66. The monoisotopic (exact) mass is 341 g/mol. The van der Waals surface area contributed by atoms with Crippen molar-refractivity contribution in [3.63, 3.8) is 0 Å². The van der Waals surface area contributed by atoms with Gasteiger partial charge >= 0.3 is 0 Å². The summed E-state index contributed by atoms with van der Waals surface area (Å²) in [6.45, 7) is 2.20. The molecule has 0 aliphatic carbocycles. The number of fused-ring (bicyclic) bond motifs is 2. The zero-order valence-corrected chi connectivity index (χ0v) is 13.4. The van der Waals surface area contributed by atoms with E-state index in [4.69, 9.17) is 14.0 Å². The molecule has 0 fully saturated rings. The van der Waals surface area contributed by atoms with Gasteiger partial charge in [0.15, 0.2) is 28.4 Å². The molecular formula is C15H11N5O3S. The van der Waals surface area contributed by atoms with Crippen LogP contribution in [0.15, 0.2) is 34.9 Å². The molecule has 1 atom stereocenters. The van der Waals surface area contributed by atoms with E-state index in [2.05, 4.69) is 20.5 Å². The lowest BCUT2D eigenvalue weighted by molar-refractivity contribution is 0.0836. The SMILES string of the molecule is Cc1cc(-c2nn3c([C@@H]4COc5ccccc5O4)nnc3s2)no1. The Morgan fingerprint density at radius 2 is 2.08 bits per heavy atom. The first-order chi connectivity index (χ1) is 11.8. The number of hydrogen-bond donors (Lipinski definition) is 0. The Labute approximate surface area is 139 Å². The lowest BCUT2D eigenvalue weighted by atomic mass is 10.2. The molecule has 0 bridgehead atoms. The predicted molar refractivity (Wildman–Crippen MR) is 84.2 cm³/mol. The molecular weight excluding hydrogens is 330 g/mol. The van der Waals surface area contributed by atoms with E-state index in [0.717, 1.165) is 16.5 Å². The molecule has 0 amide bonds. The first-order valence-corrected chi connectivity index (χ1v) is 8.14. The van der Waals surface area contributed by atoms with Gasteiger partial charge < -0.3 is 14.0 Å². The van der Waals surface area contributed by atoms with E-state index in [0.29, 0.717) is 28.8 Å². The van der Waals surface area contributed by atoms with Crippen molar-refractivity contribution in [2.24, 2.45) is 0 Å². The van der Waals surface area contributed by atoms with E-state index in [1.165, 1.54) is 11.3 Å². The van der Waals surface area contributed by atoms with Gasteiger partial charge in [-0.3, -0.25) is 0 Å². The highest BCUT2D eigenvalue weighted by molar-refractivity contribution is 7.19. The van der Waals surface area contributed by atoms with Gasteiger partial charge in [-0.1, -0.05) is 28.6 Å². The van der Waals surface area contributed by atoms with Crippen LogP contribution in [0.4, 0.5) is 0 Å². The molecule has 120 valence electrons. The number of nitrogens with zero attached hydrogens (tertiary/aromatic N) is 5. The molecule has 4 aromatic rings. The normalized spacial score (nSPS) is 16.6. The minimum absolute atomic E-state index is 0.355. The van der Waals surface area contributed by atoms with Gasteiger partial charge in [0.05, 0.1) is 0 Å². The van der Waals surface area contributed by atoms with Crippen molar-refractivity contribution in [2.45, 2.75) is 13.0 Å². The van der Waals surface area contributed by atoms with Gasteiger partial charge in [0.1, 0.15) is 18.1 Å². The summed E-state index contributed by atoms with van der Waals surface area (Å²) in [4.78, 5) is 0.670. The van der Waals surface area contributed by atoms with Crippen LogP contribution in [0.3, 0.4) is 0 Å². The number of ether oxygens (including phenoxy) is 2. The van der Waals surface area contributed by atoms with E-state index >= 15 is 0 Å². The van der Waals surface area contributed by atoms with Gasteiger partial charge in [-0.2, -0.15) is 9.61 Å². The first-order valence-electron chi connectivity index (χ1n) is 7.32. The number of aryl methyl sites for hydroxylation is 1. The highest BCUT2D eigenvalue weighted by Crippen LogP contribution is 2.36. The van der Waals surface area contributed by atoms with Gasteiger partial charge in [0, 0.05) is 6.07 Å². The second-order valence-electron chi connectivity index (χ2n) is 5.35. The van der Waals surface area contributed by atoms with Crippen LogP contribution in [0, 0.1) is 6.92 Å². The number of benzene rings is 1. The van der Waals surface area contributed by atoms with E-state index in [1.54, 1.807) is 4.52 Å². The number of rotatable bonds is 2. The Morgan fingerprint density at radius 3 is 2.92 bits per heavy atom. The predicted octanol–water partition coefficient (Wildman–Crippen LogP) is 2.66. The largest absolute Gasteiger partial charge is 0.485 e. The minimum atomic E-state index is -0.371. The Kier molecular flexibility index (Phi) is 2.83. The molecule has 0 radical (unpaired) electrons. The van der Waals surface area contributed by atoms with Gasteiger partial charge in [0.25, 0.3) is 0 Å². The second-order valence-corrected chi connectivity index (χ2v) is 6.30. The van der Waals surface area contributed by atoms with Crippen molar-refractivity contribution in [1.29, 1.82) is 0 Å². The molecule has 8 nitrogen and oxygen atoms in total. The van der Waals surface area contributed by atoms with E-state index < -0.39 is 0 Å². The smallest absolute Gasteiger partial charge is 0.235 e. The molecule has 24 heavy (non-hydrogen) atoms. The summed E-state index contributed by atoms with van der Waals surface area (Å²) in [5.74, 6) is 2.75. The van der Waals surface area contributed by atoms with Crippen LogP contribution >= 0.6 is 11.3 Å². The summed E-state index contributed by atoms with van der Waals surface area (Å²) in [6.07, 6.45) is -0.371. The van der Waals surface area contributed by atoms with Crippen LogP contribution < -0.4 is 9.47 Å². The van der Waals surface area contributed by atoms with E-state index in [-0.39, 0.29) is 6.10 Å². The van der Waals surface area contributed by atoms with Crippen LogP contribution in [0.2, 0.25) is 0 Å². The van der Waals surface area contributed by atoms with Crippen molar-refractivity contribution in [3.05, 3.63) is 41.9 Å². The van der Waals surface area contributed by atoms with Crippen LogP contribution in [-0.4, -0.2) is 31.6 Å². The van der Waals surface area contributed by atoms with Crippen molar-refractivity contribution >= 4 is 16.3 Å². The third kappa shape index (κ3) is 2.05. The third-order valence-corrected chi connectivity index (χ3v) is 4.58. The quantitative estimate of drug-likeness (QED) is 0.554. The highest BCUT2D eigenvalue weighted by atomic mass is 32.1. The van der Waals surface area contributed by atoms with Crippen molar-refractivity contribution in [3.8, 4) is 22.2 Å². The summed E-state index contributed by atoms with van der Waals surface area (Å²) in [6, 6.07) is 9.38. The molecule has 0 N–H and O–H groups in total. The molecule has 0 saturated heterocycles. The average molecular weight is 341 g/mol. The van der Waals surface area contributed by atoms with Gasteiger partial charge in [-0.05, 0) is 19.1 Å². The van der Waals surface area contributed by atoms with Crippen molar-refractivity contribution < 1.29 is 14.0 Å². The number of hydrogen-bond acceptors (Lipinski definition) is 8. The second kappa shape index (κ2) is 5.03. The maximum Gasteiger partial charge on any atom is 0.235 e. The van der Waals surface area contributed by atoms with Gasteiger partial charge in [-0.15, -0.1) is 10.2 Å². The summed E-state index contributed by atoms with van der Waals surface area (Å²) in [7, 11) is 0. The lowest BCUT2D eigenvalue weighted by Gasteiger charge is -2.24. The number of para-hydroxylation sites is 2. The van der Waals surface area contributed by atoms with Gasteiger partial charge in [-0.25, -0.2) is 0 Å². The molecule has 0 spiro atoms. The zero-order valence-electron chi connectivity index (χ0n) is 12.5. The Morgan fingerprint density at radius 1 is 1.21 bits per heavy atom. The topological polar surface area (TPSA) is 87.6 Å². The van der Waals surface area contributed by atoms with E-state index in [1.807, 2.05) is 37.3 Å². The fourth-order valence-corrected chi connectivity index (χ4v) is 3.35. The maximum absolute atomic E-state index is 5.99. The Hall–Kier alpha value is -2.94. The summed E-state index contributed by atoms with van der Waals surface area (Å²) < 4.78 is 18.5. The standard InChI is InChI=1S/C15H11N5O3S/c1-8-6-9(19-23-8)14-18-20-13(16-17-15(20)24-14)12-7-21-10-4-2-3-5-11(10)22-12/h2-6,12H,7H2,1H3/t12-/m0/s1. The van der Waals surface area contributed by atoms with Crippen LogP contribution in [0.25, 0.3) is 15.7 Å². The van der Waals surface area contributed by atoms with Crippen LogP contribution in [-0.2, 0) is 0 Å². The van der Waals surface area contributed by atoms with Crippen molar-refractivity contribution in [2.75, 3.05) is 6.61 Å².